The van der Waals surface area contributed by atoms with Gasteiger partial charge < -0.3 is 11.1 Å². The Labute approximate surface area is 107 Å². The van der Waals surface area contributed by atoms with E-state index in [0.29, 0.717) is 24.8 Å². The zero-order chi connectivity index (χ0) is 13.5. The molecule has 0 rings (SSSR count). The summed E-state index contributed by atoms with van der Waals surface area (Å²) in [6.45, 7) is 12.4. The summed E-state index contributed by atoms with van der Waals surface area (Å²) >= 11 is 0. The maximum Gasteiger partial charge on any atom is 0.220 e. The molecule has 0 fully saturated rings. The first kappa shape index (κ1) is 16.4. The molecule has 0 radical (unpaired) electrons. The van der Waals surface area contributed by atoms with Gasteiger partial charge in [-0.15, -0.1) is 0 Å². The Kier molecular flexibility index (Phi) is 7.44. The number of nitrogens with two attached hydrogens (primary N) is 1. The zero-order valence-electron chi connectivity index (χ0n) is 12.2. The summed E-state index contributed by atoms with van der Waals surface area (Å²) in [7, 11) is 0. The lowest BCUT2D eigenvalue weighted by Gasteiger charge is -2.23. The van der Waals surface area contributed by atoms with Crippen molar-refractivity contribution in [3.63, 3.8) is 0 Å². The number of rotatable bonds is 8. The first-order valence-electron chi connectivity index (χ1n) is 6.75. The van der Waals surface area contributed by atoms with E-state index in [1.54, 1.807) is 0 Å². The number of hydrogen-bond donors (Lipinski definition) is 2. The molecular weight excluding hydrogens is 212 g/mol. The van der Waals surface area contributed by atoms with Crippen LogP contribution in [0.25, 0.3) is 0 Å². The van der Waals surface area contributed by atoms with Gasteiger partial charge in [0.2, 0.25) is 5.91 Å². The van der Waals surface area contributed by atoms with Crippen LogP contribution in [0.4, 0.5) is 0 Å². The third-order valence-corrected chi connectivity index (χ3v) is 3.61. The van der Waals surface area contributed by atoms with Crippen LogP contribution in [-0.4, -0.2) is 19.0 Å². The maximum absolute atomic E-state index is 11.7. The molecule has 1 amide bonds. The Balaban J connectivity index is 3.80. The van der Waals surface area contributed by atoms with Crippen molar-refractivity contribution in [1.82, 2.24) is 5.32 Å². The number of carbonyl (C=O) groups is 1. The molecule has 3 N–H and O–H groups in total. The highest BCUT2D eigenvalue weighted by molar-refractivity contribution is 5.75. The molecule has 3 heteroatoms. The van der Waals surface area contributed by atoms with E-state index in [1.807, 2.05) is 0 Å². The van der Waals surface area contributed by atoms with E-state index in [2.05, 4.69) is 39.9 Å². The van der Waals surface area contributed by atoms with Gasteiger partial charge in [-0.25, -0.2) is 0 Å². The van der Waals surface area contributed by atoms with Crippen molar-refractivity contribution in [1.29, 1.82) is 0 Å². The summed E-state index contributed by atoms with van der Waals surface area (Å²) in [5.41, 5.74) is 5.73. The molecule has 0 aromatic rings. The average molecular weight is 242 g/mol. The van der Waals surface area contributed by atoms with Crippen LogP contribution in [0.5, 0.6) is 0 Å². The second-order valence-corrected chi connectivity index (χ2v) is 6.23. The molecule has 0 aromatic heterocycles. The Hall–Kier alpha value is -0.570. The van der Waals surface area contributed by atoms with E-state index in [4.69, 9.17) is 5.73 Å². The van der Waals surface area contributed by atoms with E-state index in [-0.39, 0.29) is 11.3 Å². The lowest BCUT2D eigenvalue weighted by atomic mass is 9.84. The van der Waals surface area contributed by atoms with Crippen LogP contribution in [-0.2, 0) is 4.79 Å². The summed E-state index contributed by atoms with van der Waals surface area (Å²) in [4.78, 5) is 11.7. The van der Waals surface area contributed by atoms with Crippen molar-refractivity contribution in [3.8, 4) is 0 Å². The first-order chi connectivity index (χ1) is 7.78. The van der Waals surface area contributed by atoms with Crippen molar-refractivity contribution in [2.24, 2.45) is 23.0 Å². The van der Waals surface area contributed by atoms with E-state index in [1.165, 1.54) is 0 Å². The molecule has 17 heavy (non-hydrogen) atoms. The van der Waals surface area contributed by atoms with Crippen molar-refractivity contribution in [3.05, 3.63) is 0 Å². The summed E-state index contributed by atoms with van der Waals surface area (Å²) in [6.07, 6.45) is 2.49. The fourth-order valence-corrected chi connectivity index (χ4v) is 1.57. The monoisotopic (exact) mass is 242 g/mol. The van der Waals surface area contributed by atoms with Crippen LogP contribution < -0.4 is 11.1 Å². The van der Waals surface area contributed by atoms with E-state index < -0.39 is 0 Å². The van der Waals surface area contributed by atoms with Gasteiger partial charge in [-0.1, -0.05) is 34.6 Å². The van der Waals surface area contributed by atoms with Gasteiger partial charge in [-0.3, -0.25) is 4.79 Å². The van der Waals surface area contributed by atoms with Crippen LogP contribution in [0.2, 0.25) is 0 Å². The highest BCUT2D eigenvalue weighted by Gasteiger charge is 2.18. The molecule has 0 spiro atoms. The molecular formula is C14H30N2O. The van der Waals surface area contributed by atoms with Crippen molar-refractivity contribution >= 4 is 5.91 Å². The fraction of sp³-hybridized carbons (Fsp3) is 0.929. The Morgan fingerprint density at radius 1 is 1.24 bits per heavy atom. The van der Waals surface area contributed by atoms with Crippen molar-refractivity contribution in [2.45, 2.75) is 53.9 Å². The molecule has 3 nitrogen and oxygen atoms in total. The minimum atomic E-state index is 0.169. The van der Waals surface area contributed by atoms with Gasteiger partial charge in [-0.05, 0) is 36.6 Å². The normalized spacial score (nSPS) is 13.8. The van der Waals surface area contributed by atoms with Gasteiger partial charge in [0.15, 0.2) is 0 Å². The SMILES string of the molecule is CC(C)C(C)CNC(=O)CCC(C)(C)CCN. The van der Waals surface area contributed by atoms with Crippen molar-refractivity contribution in [2.75, 3.05) is 13.1 Å². The van der Waals surface area contributed by atoms with Gasteiger partial charge >= 0.3 is 0 Å². The van der Waals surface area contributed by atoms with Gasteiger partial charge in [0.05, 0.1) is 0 Å². The van der Waals surface area contributed by atoms with Gasteiger partial charge in [0.25, 0.3) is 0 Å². The molecule has 0 aliphatic heterocycles. The molecule has 0 saturated carbocycles. The molecule has 0 aromatic carbocycles. The fourth-order valence-electron chi connectivity index (χ4n) is 1.57. The number of amides is 1. The largest absolute Gasteiger partial charge is 0.356 e. The van der Waals surface area contributed by atoms with Crippen LogP contribution in [0.3, 0.4) is 0 Å². The Bertz CT molecular complexity index is 224. The summed E-state index contributed by atoms with van der Waals surface area (Å²) in [6, 6.07) is 0. The molecule has 1 atom stereocenters. The molecule has 102 valence electrons. The first-order valence-corrected chi connectivity index (χ1v) is 6.75. The number of nitrogens with one attached hydrogen (secondary N) is 1. The van der Waals surface area contributed by atoms with E-state index in [9.17, 15) is 4.79 Å². The molecule has 0 heterocycles. The molecule has 0 aliphatic carbocycles. The Morgan fingerprint density at radius 2 is 1.82 bits per heavy atom. The molecule has 0 bridgehead atoms. The minimum absolute atomic E-state index is 0.169. The predicted octanol–water partition coefficient (Wildman–Crippen LogP) is 2.55. The smallest absolute Gasteiger partial charge is 0.220 e. The molecule has 1 unspecified atom stereocenters. The third-order valence-electron chi connectivity index (χ3n) is 3.61. The topological polar surface area (TPSA) is 55.1 Å². The quantitative estimate of drug-likeness (QED) is 0.687. The van der Waals surface area contributed by atoms with Crippen LogP contribution in [0, 0.1) is 17.3 Å². The second kappa shape index (κ2) is 7.70. The predicted molar refractivity (Wildman–Crippen MR) is 73.7 cm³/mol. The van der Waals surface area contributed by atoms with E-state index >= 15 is 0 Å². The lowest BCUT2D eigenvalue weighted by molar-refractivity contribution is -0.121. The van der Waals surface area contributed by atoms with Crippen LogP contribution in [0.1, 0.15) is 53.9 Å². The zero-order valence-corrected chi connectivity index (χ0v) is 12.2. The maximum atomic E-state index is 11.7. The summed E-state index contributed by atoms with van der Waals surface area (Å²) < 4.78 is 0. The summed E-state index contributed by atoms with van der Waals surface area (Å²) in [5, 5.41) is 3.01. The van der Waals surface area contributed by atoms with Gasteiger partial charge in [0, 0.05) is 13.0 Å². The lowest BCUT2D eigenvalue weighted by Crippen LogP contribution is -2.31. The van der Waals surface area contributed by atoms with Gasteiger partial charge in [0.1, 0.15) is 0 Å². The van der Waals surface area contributed by atoms with E-state index in [0.717, 1.165) is 19.4 Å². The highest BCUT2D eigenvalue weighted by Crippen LogP contribution is 2.25. The van der Waals surface area contributed by atoms with Crippen molar-refractivity contribution < 1.29 is 4.79 Å². The highest BCUT2D eigenvalue weighted by atomic mass is 16.1. The molecule has 0 saturated heterocycles. The minimum Gasteiger partial charge on any atom is -0.356 e. The van der Waals surface area contributed by atoms with Crippen LogP contribution >= 0.6 is 0 Å². The number of carbonyl (C=O) groups excluding carboxylic acids is 1. The number of hydrogen-bond acceptors (Lipinski definition) is 2. The summed E-state index contributed by atoms with van der Waals surface area (Å²) in [5.74, 6) is 1.32. The standard InChI is InChI=1S/C14H30N2O/c1-11(2)12(3)10-16-13(17)6-7-14(4,5)8-9-15/h11-12H,6-10,15H2,1-5H3,(H,16,17). The van der Waals surface area contributed by atoms with Gasteiger partial charge in [-0.2, -0.15) is 0 Å². The Morgan fingerprint density at radius 3 is 2.29 bits per heavy atom. The second-order valence-electron chi connectivity index (χ2n) is 6.23. The average Bonchev–Trinajstić information content (AvgIpc) is 2.22. The molecule has 0 aliphatic rings. The third kappa shape index (κ3) is 8.19. The van der Waals surface area contributed by atoms with Crippen LogP contribution in [0.15, 0.2) is 0 Å².